The number of halogens is 1. The first-order valence-electron chi connectivity index (χ1n) is 8.00. The van der Waals surface area contributed by atoms with E-state index >= 15 is 0 Å². The molecule has 1 aliphatic rings. The quantitative estimate of drug-likeness (QED) is 0.543. The zero-order valence-corrected chi connectivity index (χ0v) is 14.8. The molecule has 140 valence electrons. The predicted octanol–water partition coefficient (Wildman–Crippen LogP) is 0.232. The molecule has 0 atom stereocenters. The molecule has 0 aliphatic carbocycles. The molecule has 1 fully saturated rings. The van der Waals surface area contributed by atoms with E-state index in [1.807, 2.05) is 0 Å². The molecule has 11 heteroatoms. The highest BCUT2D eigenvalue weighted by Crippen LogP contribution is 2.23. The number of nitro benzene ring substituents is 1. The average molecular weight is 382 g/mol. The van der Waals surface area contributed by atoms with E-state index in [9.17, 15) is 14.9 Å². The molecule has 2 aromatic rings. The molecule has 2 N–H and O–H groups in total. The van der Waals surface area contributed by atoms with Crippen LogP contribution in [0.15, 0.2) is 30.9 Å². The fraction of sp³-hybridized carbons (Fsp3) is 0.400. The van der Waals surface area contributed by atoms with Crippen molar-refractivity contribution in [3.63, 3.8) is 0 Å². The molecular weight excluding hydrogens is 362 g/mol. The van der Waals surface area contributed by atoms with Gasteiger partial charge in [-0.1, -0.05) is 0 Å². The van der Waals surface area contributed by atoms with Crippen molar-refractivity contribution in [3.8, 4) is 5.69 Å². The average Bonchev–Trinajstić information content (AvgIpc) is 3.16. The first kappa shape index (κ1) is 19.8. The number of benzene rings is 1. The van der Waals surface area contributed by atoms with Gasteiger partial charge < -0.3 is 10.6 Å². The smallest absolute Gasteiger partial charge is 0.295 e. The third kappa shape index (κ3) is 4.75. The van der Waals surface area contributed by atoms with Crippen LogP contribution in [-0.2, 0) is 0 Å². The van der Waals surface area contributed by atoms with Crippen molar-refractivity contribution >= 4 is 24.0 Å². The molecule has 0 bridgehead atoms. The number of hydrogen-bond donors (Lipinski definition) is 2. The van der Waals surface area contributed by atoms with Crippen LogP contribution in [0.25, 0.3) is 5.69 Å². The van der Waals surface area contributed by atoms with E-state index in [2.05, 4.69) is 25.6 Å². The second kappa shape index (κ2) is 9.22. The Morgan fingerprint density at radius 1 is 1.35 bits per heavy atom. The zero-order valence-electron chi connectivity index (χ0n) is 14.0. The van der Waals surface area contributed by atoms with Crippen molar-refractivity contribution in [2.45, 2.75) is 0 Å². The third-order valence-corrected chi connectivity index (χ3v) is 4.02. The molecule has 0 unspecified atom stereocenters. The van der Waals surface area contributed by atoms with E-state index in [4.69, 9.17) is 0 Å². The second-order valence-electron chi connectivity index (χ2n) is 5.65. The van der Waals surface area contributed by atoms with Gasteiger partial charge in [-0.05, 0) is 12.1 Å². The lowest BCUT2D eigenvalue weighted by atomic mass is 10.1. The molecule has 1 saturated heterocycles. The van der Waals surface area contributed by atoms with Crippen LogP contribution in [0.5, 0.6) is 0 Å². The van der Waals surface area contributed by atoms with Crippen LogP contribution >= 0.6 is 12.4 Å². The Hall–Kier alpha value is -2.56. The Bertz CT molecular complexity index is 748. The van der Waals surface area contributed by atoms with Gasteiger partial charge in [-0.15, -0.1) is 12.4 Å². The van der Waals surface area contributed by atoms with Gasteiger partial charge in [-0.2, -0.15) is 5.10 Å². The number of amides is 1. The summed E-state index contributed by atoms with van der Waals surface area (Å²) in [6.07, 6.45) is 2.66. The number of carbonyl (C=O) groups excluding carboxylic acids is 1. The standard InChI is InChI=1S/C15H19N7O3.ClH/c23-15(18-5-8-20-6-3-16-4-7-20)12-1-2-13(14(9-12)22(24)25)21-11-17-10-19-21;/h1-2,9-11,16H,3-8H2,(H,18,23);1H. The fourth-order valence-electron chi connectivity index (χ4n) is 2.70. The van der Waals surface area contributed by atoms with Crippen LogP contribution in [0.3, 0.4) is 0 Å². The van der Waals surface area contributed by atoms with Gasteiger partial charge in [0.05, 0.1) is 4.92 Å². The highest BCUT2D eigenvalue weighted by Gasteiger charge is 2.19. The molecular formula is C15H20ClN7O3. The molecule has 10 nitrogen and oxygen atoms in total. The number of nitro groups is 1. The van der Waals surface area contributed by atoms with Gasteiger partial charge in [0.1, 0.15) is 18.3 Å². The molecule has 26 heavy (non-hydrogen) atoms. The predicted molar refractivity (Wildman–Crippen MR) is 96.9 cm³/mol. The summed E-state index contributed by atoms with van der Waals surface area (Å²) in [6, 6.07) is 4.30. The van der Waals surface area contributed by atoms with Gasteiger partial charge in [-0.25, -0.2) is 9.67 Å². The third-order valence-electron chi connectivity index (χ3n) is 4.02. The van der Waals surface area contributed by atoms with Crippen LogP contribution in [0.1, 0.15) is 10.4 Å². The Kier molecular flexibility index (Phi) is 7.01. The highest BCUT2D eigenvalue weighted by molar-refractivity contribution is 5.95. The van der Waals surface area contributed by atoms with E-state index in [1.54, 1.807) is 6.07 Å². The number of piperazine rings is 1. The lowest BCUT2D eigenvalue weighted by Crippen LogP contribution is -2.46. The Labute approximate surface area is 156 Å². The molecule has 2 heterocycles. The number of aromatic nitrogens is 3. The van der Waals surface area contributed by atoms with E-state index in [-0.39, 0.29) is 35.3 Å². The molecule has 1 aromatic heterocycles. The normalized spacial score (nSPS) is 14.5. The molecule has 3 rings (SSSR count). The van der Waals surface area contributed by atoms with Crippen molar-refractivity contribution in [1.82, 2.24) is 30.3 Å². The maximum absolute atomic E-state index is 12.3. The Morgan fingerprint density at radius 3 is 2.77 bits per heavy atom. The van der Waals surface area contributed by atoms with Gasteiger partial charge in [0.15, 0.2) is 0 Å². The fourth-order valence-corrected chi connectivity index (χ4v) is 2.70. The van der Waals surface area contributed by atoms with Gasteiger partial charge in [0, 0.05) is 50.9 Å². The van der Waals surface area contributed by atoms with Crippen molar-refractivity contribution in [2.24, 2.45) is 0 Å². The van der Waals surface area contributed by atoms with Crippen LogP contribution in [-0.4, -0.2) is 69.8 Å². The van der Waals surface area contributed by atoms with Crippen LogP contribution < -0.4 is 10.6 Å². The first-order valence-corrected chi connectivity index (χ1v) is 8.00. The summed E-state index contributed by atoms with van der Waals surface area (Å²) in [5, 5.41) is 21.3. The first-order chi connectivity index (χ1) is 12.1. The van der Waals surface area contributed by atoms with Gasteiger partial charge >= 0.3 is 0 Å². The van der Waals surface area contributed by atoms with Crippen LogP contribution in [0.2, 0.25) is 0 Å². The van der Waals surface area contributed by atoms with Crippen molar-refractivity contribution in [1.29, 1.82) is 0 Å². The number of nitrogens with zero attached hydrogens (tertiary/aromatic N) is 5. The van der Waals surface area contributed by atoms with Gasteiger partial charge in [0.2, 0.25) is 0 Å². The zero-order chi connectivity index (χ0) is 17.6. The van der Waals surface area contributed by atoms with E-state index in [0.29, 0.717) is 6.54 Å². The largest absolute Gasteiger partial charge is 0.351 e. The second-order valence-corrected chi connectivity index (χ2v) is 5.65. The summed E-state index contributed by atoms with van der Waals surface area (Å²) in [5.74, 6) is -0.330. The maximum Gasteiger partial charge on any atom is 0.295 e. The minimum absolute atomic E-state index is 0. The monoisotopic (exact) mass is 381 g/mol. The molecule has 0 spiro atoms. The Balaban J connectivity index is 0.00000243. The van der Waals surface area contributed by atoms with Gasteiger partial charge in [0.25, 0.3) is 11.6 Å². The maximum atomic E-state index is 12.3. The summed E-state index contributed by atoms with van der Waals surface area (Å²) < 4.78 is 1.30. The van der Waals surface area contributed by atoms with Crippen molar-refractivity contribution < 1.29 is 9.72 Å². The number of nitrogens with one attached hydrogen (secondary N) is 2. The molecule has 0 radical (unpaired) electrons. The minimum Gasteiger partial charge on any atom is -0.351 e. The molecule has 1 aromatic carbocycles. The lowest BCUT2D eigenvalue weighted by Gasteiger charge is -2.27. The highest BCUT2D eigenvalue weighted by atomic mass is 35.5. The molecule has 1 aliphatic heterocycles. The summed E-state index contributed by atoms with van der Waals surface area (Å²) in [5.41, 5.74) is 0.316. The van der Waals surface area contributed by atoms with Crippen LogP contribution in [0, 0.1) is 10.1 Å². The van der Waals surface area contributed by atoms with Crippen LogP contribution in [0.4, 0.5) is 5.69 Å². The number of hydrogen-bond acceptors (Lipinski definition) is 7. The summed E-state index contributed by atoms with van der Waals surface area (Å²) in [7, 11) is 0. The Morgan fingerprint density at radius 2 is 2.12 bits per heavy atom. The summed E-state index contributed by atoms with van der Waals surface area (Å²) in [6.45, 7) is 5.06. The number of carbonyl (C=O) groups is 1. The minimum atomic E-state index is -0.533. The SMILES string of the molecule is Cl.O=C(NCCN1CCNCC1)c1ccc(-n2cncn2)c([N+](=O)[O-])c1. The van der Waals surface area contributed by atoms with Crippen molar-refractivity contribution in [2.75, 3.05) is 39.3 Å². The molecule has 0 saturated carbocycles. The van der Waals surface area contributed by atoms with Gasteiger partial charge in [-0.3, -0.25) is 19.8 Å². The van der Waals surface area contributed by atoms with E-state index < -0.39 is 4.92 Å². The lowest BCUT2D eigenvalue weighted by molar-refractivity contribution is -0.384. The van der Waals surface area contributed by atoms with Crippen molar-refractivity contribution in [3.05, 3.63) is 46.5 Å². The topological polar surface area (TPSA) is 118 Å². The molecule has 1 amide bonds. The number of rotatable bonds is 6. The summed E-state index contributed by atoms with van der Waals surface area (Å²) in [4.78, 5) is 29.1. The van der Waals surface area contributed by atoms with E-state index in [0.717, 1.165) is 32.7 Å². The van der Waals surface area contributed by atoms with E-state index in [1.165, 1.54) is 29.5 Å². The summed E-state index contributed by atoms with van der Waals surface area (Å²) >= 11 is 0.